The normalized spacial score (nSPS) is 17.9. The van der Waals surface area contributed by atoms with Crippen LogP contribution < -0.4 is 4.90 Å². The van der Waals surface area contributed by atoms with Crippen molar-refractivity contribution in [3.63, 3.8) is 0 Å². The van der Waals surface area contributed by atoms with Crippen molar-refractivity contribution in [1.29, 1.82) is 0 Å². The Labute approximate surface area is 108 Å². The van der Waals surface area contributed by atoms with Gasteiger partial charge in [-0.25, -0.2) is 8.42 Å². The van der Waals surface area contributed by atoms with Crippen molar-refractivity contribution in [3.05, 3.63) is 24.5 Å². The molecule has 0 bridgehead atoms. The summed E-state index contributed by atoms with van der Waals surface area (Å²) in [6.45, 7) is 4.53. The summed E-state index contributed by atoms with van der Waals surface area (Å²) >= 11 is 0. The molecule has 0 saturated carbocycles. The number of hydrogen-bond acceptors (Lipinski definition) is 4. The minimum atomic E-state index is -3.04. The van der Waals surface area contributed by atoms with E-state index in [2.05, 4.69) is 9.88 Å². The summed E-state index contributed by atoms with van der Waals surface area (Å²) in [6, 6.07) is 3.91. The Bertz CT molecular complexity index is 467. The van der Waals surface area contributed by atoms with Crippen LogP contribution in [0.15, 0.2) is 24.5 Å². The number of hydrogen-bond donors (Lipinski definition) is 0. The maximum absolute atomic E-state index is 11.9. The second-order valence-corrected chi connectivity index (χ2v) is 6.50. The van der Waals surface area contributed by atoms with Crippen molar-refractivity contribution in [2.45, 2.75) is 13.3 Å². The van der Waals surface area contributed by atoms with Gasteiger partial charge in [0.15, 0.2) is 0 Å². The monoisotopic (exact) mass is 269 g/mol. The summed E-state index contributed by atoms with van der Waals surface area (Å²) in [4.78, 5) is 6.18. The average molecular weight is 269 g/mol. The smallest absolute Gasteiger partial charge is 0.214 e. The van der Waals surface area contributed by atoms with Gasteiger partial charge in [-0.1, -0.05) is 6.92 Å². The van der Waals surface area contributed by atoms with Gasteiger partial charge >= 0.3 is 0 Å². The summed E-state index contributed by atoms with van der Waals surface area (Å²) in [5, 5.41) is 0. The molecule has 0 atom stereocenters. The van der Waals surface area contributed by atoms with Crippen LogP contribution in [0, 0.1) is 0 Å². The van der Waals surface area contributed by atoms with Crippen molar-refractivity contribution in [2.75, 3.05) is 36.8 Å². The lowest BCUT2D eigenvalue weighted by Crippen LogP contribution is -2.49. The Morgan fingerprint density at radius 1 is 1.17 bits per heavy atom. The lowest BCUT2D eigenvalue weighted by molar-refractivity contribution is 0.384. The predicted molar refractivity (Wildman–Crippen MR) is 72.1 cm³/mol. The molecule has 18 heavy (non-hydrogen) atoms. The van der Waals surface area contributed by atoms with Crippen LogP contribution in [0.5, 0.6) is 0 Å². The highest BCUT2D eigenvalue weighted by atomic mass is 32.2. The van der Waals surface area contributed by atoms with E-state index in [1.54, 1.807) is 16.7 Å². The number of anilines is 1. The zero-order chi connectivity index (χ0) is 13.0. The highest BCUT2D eigenvalue weighted by Gasteiger charge is 2.25. The molecule has 1 aliphatic heterocycles. The lowest BCUT2D eigenvalue weighted by Gasteiger charge is -2.35. The maximum Gasteiger partial charge on any atom is 0.214 e. The van der Waals surface area contributed by atoms with Gasteiger partial charge < -0.3 is 4.90 Å². The van der Waals surface area contributed by atoms with E-state index in [9.17, 15) is 8.42 Å². The second-order valence-electron chi connectivity index (χ2n) is 4.41. The van der Waals surface area contributed by atoms with E-state index in [1.807, 2.05) is 19.1 Å². The molecule has 0 aromatic carbocycles. The molecule has 0 spiro atoms. The third kappa shape index (κ3) is 3.00. The number of piperazine rings is 1. The largest absolute Gasteiger partial charge is 0.369 e. The average Bonchev–Trinajstić information content (AvgIpc) is 2.40. The molecule has 2 rings (SSSR count). The summed E-state index contributed by atoms with van der Waals surface area (Å²) in [6.07, 6.45) is 4.19. The number of sulfonamides is 1. The van der Waals surface area contributed by atoms with Gasteiger partial charge in [0.05, 0.1) is 5.75 Å². The van der Waals surface area contributed by atoms with Crippen LogP contribution in [-0.2, 0) is 10.0 Å². The Kier molecular flexibility index (Phi) is 4.19. The number of nitrogens with zero attached hydrogens (tertiary/aromatic N) is 3. The van der Waals surface area contributed by atoms with Crippen molar-refractivity contribution in [3.8, 4) is 0 Å². The summed E-state index contributed by atoms with van der Waals surface area (Å²) in [7, 11) is -3.04. The lowest BCUT2D eigenvalue weighted by atomic mass is 10.3. The van der Waals surface area contributed by atoms with Crippen molar-refractivity contribution in [1.82, 2.24) is 9.29 Å². The van der Waals surface area contributed by atoms with Crippen molar-refractivity contribution in [2.24, 2.45) is 0 Å². The molecule has 6 heteroatoms. The van der Waals surface area contributed by atoms with Gasteiger partial charge in [-0.2, -0.15) is 4.31 Å². The molecule has 1 aromatic rings. The first-order valence-corrected chi connectivity index (χ1v) is 7.87. The van der Waals surface area contributed by atoms with Gasteiger partial charge in [0.1, 0.15) is 0 Å². The van der Waals surface area contributed by atoms with Crippen LogP contribution in [0.1, 0.15) is 13.3 Å². The fourth-order valence-corrected chi connectivity index (χ4v) is 3.66. The van der Waals surface area contributed by atoms with Crippen molar-refractivity contribution >= 4 is 15.7 Å². The summed E-state index contributed by atoms with van der Waals surface area (Å²) in [5.74, 6) is 0.252. The molecule has 5 nitrogen and oxygen atoms in total. The van der Waals surface area contributed by atoms with E-state index in [1.165, 1.54) is 0 Å². The van der Waals surface area contributed by atoms with Crippen LogP contribution in [0.25, 0.3) is 0 Å². The van der Waals surface area contributed by atoms with Gasteiger partial charge in [0.2, 0.25) is 10.0 Å². The van der Waals surface area contributed by atoms with E-state index in [4.69, 9.17) is 0 Å². The Hall–Kier alpha value is -1.14. The highest BCUT2D eigenvalue weighted by molar-refractivity contribution is 7.89. The first kappa shape index (κ1) is 13.3. The summed E-state index contributed by atoms with van der Waals surface area (Å²) < 4.78 is 25.5. The zero-order valence-electron chi connectivity index (χ0n) is 10.6. The first-order valence-electron chi connectivity index (χ1n) is 6.26. The van der Waals surface area contributed by atoms with Gasteiger partial charge in [-0.3, -0.25) is 4.98 Å². The predicted octanol–water partition coefficient (Wildman–Crippen LogP) is 0.943. The third-order valence-corrected chi connectivity index (χ3v) is 5.20. The standard InChI is InChI=1S/C12H19N3O2S/c1-2-11-18(16,17)15-9-7-14(8-10-15)12-3-5-13-6-4-12/h3-6H,2,7-11H2,1H3. The quantitative estimate of drug-likeness (QED) is 0.816. The fraction of sp³-hybridized carbons (Fsp3) is 0.583. The van der Waals surface area contributed by atoms with Crippen LogP contribution >= 0.6 is 0 Å². The molecule has 100 valence electrons. The van der Waals surface area contributed by atoms with Gasteiger partial charge in [-0.05, 0) is 18.6 Å². The Morgan fingerprint density at radius 3 is 2.33 bits per heavy atom. The molecule has 0 amide bonds. The van der Waals surface area contributed by atoms with E-state index in [-0.39, 0.29) is 5.75 Å². The van der Waals surface area contributed by atoms with Gasteiger partial charge in [-0.15, -0.1) is 0 Å². The molecular formula is C12H19N3O2S. The third-order valence-electron chi connectivity index (χ3n) is 3.12. The van der Waals surface area contributed by atoms with Crippen LogP contribution in [0.2, 0.25) is 0 Å². The van der Waals surface area contributed by atoms with Crippen LogP contribution in [-0.4, -0.2) is 49.6 Å². The molecule has 2 heterocycles. The number of rotatable bonds is 4. The summed E-state index contributed by atoms with van der Waals surface area (Å²) in [5.41, 5.74) is 1.11. The molecule has 1 saturated heterocycles. The van der Waals surface area contributed by atoms with E-state index < -0.39 is 10.0 Å². The zero-order valence-corrected chi connectivity index (χ0v) is 11.4. The van der Waals surface area contributed by atoms with Crippen LogP contribution in [0.3, 0.4) is 0 Å². The maximum atomic E-state index is 11.9. The molecule has 1 aromatic heterocycles. The van der Waals surface area contributed by atoms with Crippen LogP contribution in [0.4, 0.5) is 5.69 Å². The van der Waals surface area contributed by atoms with Gasteiger partial charge in [0, 0.05) is 44.3 Å². The van der Waals surface area contributed by atoms with Gasteiger partial charge in [0.25, 0.3) is 0 Å². The second kappa shape index (κ2) is 5.67. The molecule has 0 aliphatic carbocycles. The fourth-order valence-electron chi connectivity index (χ4n) is 2.17. The molecule has 0 radical (unpaired) electrons. The minimum Gasteiger partial charge on any atom is -0.369 e. The Balaban J connectivity index is 1.97. The molecule has 1 fully saturated rings. The number of pyridine rings is 1. The van der Waals surface area contributed by atoms with E-state index in [0.717, 1.165) is 18.8 Å². The highest BCUT2D eigenvalue weighted by Crippen LogP contribution is 2.16. The molecular weight excluding hydrogens is 250 g/mol. The minimum absolute atomic E-state index is 0.252. The van der Waals surface area contributed by atoms with E-state index in [0.29, 0.717) is 19.5 Å². The van der Waals surface area contributed by atoms with Crippen molar-refractivity contribution < 1.29 is 8.42 Å². The molecule has 0 N–H and O–H groups in total. The molecule has 1 aliphatic rings. The topological polar surface area (TPSA) is 53.5 Å². The van der Waals surface area contributed by atoms with E-state index >= 15 is 0 Å². The Morgan fingerprint density at radius 2 is 1.78 bits per heavy atom. The molecule has 0 unspecified atom stereocenters. The first-order chi connectivity index (χ1) is 8.63. The number of aromatic nitrogens is 1. The SMILES string of the molecule is CCCS(=O)(=O)N1CCN(c2ccncc2)CC1.